The third-order valence-electron chi connectivity index (χ3n) is 4.94. The topological polar surface area (TPSA) is 63.1 Å². The second kappa shape index (κ2) is 7.30. The number of rotatable bonds is 4. The normalized spacial score (nSPS) is 15.4. The van der Waals surface area contributed by atoms with Gasteiger partial charge in [-0.05, 0) is 36.4 Å². The molecule has 1 amide bonds. The Labute approximate surface area is 154 Å². The third kappa shape index (κ3) is 3.60. The van der Waals surface area contributed by atoms with Crippen molar-refractivity contribution in [2.75, 3.05) is 23.3 Å². The maximum Gasteiger partial charge on any atom is 0.319 e. The van der Waals surface area contributed by atoms with Gasteiger partial charge in [0.15, 0.2) is 0 Å². The van der Waals surface area contributed by atoms with Crippen LogP contribution in [-0.2, 0) is 4.79 Å². The molecule has 0 radical (unpaired) electrons. The van der Waals surface area contributed by atoms with Gasteiger partial charge in [-0.25, -0.2) is 4.98 Å². The maximum atomic E-state index is 13.1. The Balaban J connectivity index is 1.41. The lowest BCUT2D eigenvalue weighted by atomic mass is 9.96. The summed E-state index contributed by atoms with van der Waals surface area (Å²) in [5, 5.41) is 3.58. The summed E-state index contributed by atoms with van der Waals surface area (Å²) in [5.74, 6) is 0.619. The highest BCUT2D eigenvalue weighted by Crippen LogP contribution is 2.26. The predicted octanol–water partition coefficient (Wildman–Crippen LogP) is 3.68. The van der Waals surface area contributed by atoms with Crippen molar-refractivity contribution in [1.82, 2.24) is 14.5 Å². The van der Waals surface area contributed by atoms with Crippen molar-refractivity contribution in [2.45, 2.75) is 19.4 Å². The maximum absolute atomic E-state index is 13.1. The van der Waals surface area contributed by atoms with Crippen molar-refractivity contribution in [3.8, 4) is 0 Å². The molecule has 1 aliphatic rings. The largest absolute Gasteiger partial charge is 0.355 e. The predicted molar refractivity (Wildman–Crippen MR) is 98.8 cm³/mol. The Morgan fingerprint density at radius 3 is 2.70 bits per heavy atom. The number of carbonyl (C=O) groups excluding carboxylic acids is 1. The molecule has 6 nitrogen and oxygen atoms in total. The summed E-state index contributed by atoms with van der Waals surface area (Å²) >= 11 is 0. The summed E-state index contributed by atoms with van der Waals surface area (Å²) in [4.78, 5) is 23.1. The van der Waals surface area contributed by atoms with Gasteiger partial charge < -0.3 is 10.2 Å². The van der Waals surface area contributed by atoms with Crippen LogP contribution in [0.5, 0.6) is 0 Å². The van der Waals surface area contributed by atoms with Gasteiger partial charge in [0, 0.05) is 43.3 Å². The molecule has 8 heteroatoms. The van der Waals surface area contributed by atoms with Crippen LogP contribution in [0.25, 0.3) is 10.9 Å². The molecule has 0 bridgehead atoms. The molecule has 3 heterocycles. The van der Waals surface area contributed by atoms with E-state index in [0.29, 0.717) is 29.4 Å². The van der Waals surface area contributed by atoms with Crippen molar-refractivity contribution in [3.05, 3.63) is 49.1 Å². The number of carbonyl (C=O) groups is 1. The molecule has 1 aromatic carbocycles. The lowest BCUT2D eigenvalue weighted by Crippen LogP contribution is -2.38. The fourth-order valence-corrected chi connectivity index (χ4v) is 3.47. The summed E-state index contributed by atoms with van der Waals surface area (Å²) in [7, 11) is 0. The Bertz CT molecular complexity index is 936. The highest BCUT2D eigenvalue weighted by Gasteiger charge is 2.26. The number of anilines is 2. The van der Waals surface area contributed by atoms with Gasteiger partial charge in [-0.15, -0.1) is 0 Å². The minimum absolute atomic E-state index is 0.0803. The van der Waals surface area contributed by atoms with Crippen LogP contribution in [0.1, 0.15) is 19.4 Å². The molecule has 1 saturated heterocycles. The lowest BCUT2D eigenvalue weighted by Gasteiger charge is -2.31. The van der Waals surface area contributed by atoms with Gasteiger partial charge in [0.2, 0.25) is 5.91 Å². The molecule has 1 N–H and O–H groups in total. The van der Waals surface area contributed by atoms with Crippen molar-refractivity contribution in [2.24, 2.45) is 5.92 Å². The SMILES string of the molecule is O=C(Nc1ccc2ccn(C(F)F)c2c1)C1CCN(c2cnccn2)CC1. The molecule has 1 fully saturated rings. The first-order chi connectivity index (χ1) is 13.1. The molecule has 0 aliphatic carbocycles. The van der Waals surface area contributed by atoms with Gasteiger partial charge in [0.1, 0.15) is 5.82 Å². The van der Waals surface area contributed by atoms with Gasteiger partial charge in [-0.2, -0.15) is 8.78 Å². The number of fused-ring (bicyclic) bond motifs is 1. The molecule has 0 saturated carbocycles. The van der Waals surface area contributed by atoms with Gasteiger partial charge in [-0.1, -0.05) is 6.07 Å². The van der Waals surface area contributed by atoms with Gasteiger partial charge in [-0.3, -0.25) is 14.3 Å². The number of piperidine rings is 1. The Hall–Kier alpha value is -3.03. The van der Waals surface area contributed by atoms with Crippen molar-refractivity contribution < 1.29 is 13.6 Å². The number of hydrogen-bond acceptors (Lipinski definition) is 4. The van der Waals surface area contributed by atoms with E-state index >= 15 is 0 Å². The average Bonchev–Trinajstić information content (AvgIpc) is 3.12. The second-order valence-electron chi connectivity index (χ2n) is 6.59. The van der Waals surface area contributed by atoms with E-state index in [-0.39, 0.29) is 11.8 Å². The Morgan fingerprint density at radius 1 is 1.19 bits per heavy atom. The van der Waals surface area contributed by atoms with Crippen molar-refractivity contribution >= 4 is 28.3 Å². The molecule has 0 unspecified atom stereocenters. The molecule has 2 aromatic heterocycles. The van der Waals surface area contributed by atoms with Crippen molar-refractivity contribution in [3.63, 3.8) is 0 Å². The van der Waals surface area contributed by atoms with Gasteiger partial charge in [0.25, 0.3) is 0 Å². The zero-order valence-electron chi connectivity index (χ0n) is 14.6. The summed E-state index contributed by atoms with van der Waals surface area (Å²) in [5.41, 5.74) is 0.935. The summed E-state index contributed by atoms with van der Waals surface area (Å²) in [6.45, 7) is -1.16. The zero-order valence-corrected chi connectivity index (χ0v) is 14.6. The van der Waals surface area contributed by atoms with Crippen molar-refractivity contribution in [1.29, 1.82) is 0 Å². The van der Waals surface area contributed by atoms with E-state index < -0.39 is 6.55 Å². The Morgan fingerprint density at radius 2 is 2.00 bits per heavy atom. The van der Waals surface area contributed by atoms with E-state index in [1.165, 1.54) is 6.20 Å². The molecule has 140 valence electrons. The van der Waals surface area contributed by atoms with Crippen LogP contribution in [0.2, 0.25) is 0 Å². The third-order valence-corrected chi connectivity index (χ3v) is 4.94. The number of nitrogens with zero attached hydrogens (tertiary/aromatic N) is 4. The van der Waals surface area contributed by atoms with E-state index in [0.717, 1.165) is 23.5 Å². The molecule has 0 atom stereocenters. The minimum atomic E-state index is -2.61. The van der Waals surface area contributed by atoms with Crippen LogP contribution >= 0.6 is 0 Å². The minimum Gasteiger partial charge on any atom is -0.355 e. The quantitative estimate of drug-likeness (QED) is 0.760. The number of benzene rings is 1. The highest BCUT2D eigenvalue weighted by atomic mass is 19.3. The van der Waals surface area contributed by atoms with E-state index in [1.54, 1.807) is 42.9 Å². The lowest BCUT2D eigenvalue weighted by molar-refractivity contribution is -0.120. The fraction of sp³-hybridized carbons (Fsp3) is 0.316. The van der Waals surface area contributed by atoms with Crippen LogP contribution in [0, 0.1) is 5.92 Å². The summed E-state index contributed by atoms with van der Waals surface area (Å²) in [6, 6.07) is 6.70. The molecule has 4 rings (SSSR count). The molecular weight excluding hydrogens is 352 g/mol. The van der Waals surface area contributed by atoms with Crippen LogP contribution in [-0.4, -0.2) is 33.5 Å². The fourth-order valence-electron chi connectivity index (χ4n) is 3.47. The first-order valence-electron chi connectivity index (χ1n) is 8.82. The molecule has 3 aromatic rings. The zero-order chi connectivity index (χ0) is 18.8. The van der Waals surface area contributed by atoms with Crippen LogP contribution in [0.4, 0.5) is 20.3 Å². The number of halogens is 2. The van der Waals surface area contributed by atoms with E-state index in [9.17, 15) is 13.6 Å². The van der Waals surface area contributed by atoms with E-state index in [2.05, 4.69) is 20.2 Å². The first-order valence-corrected chi connectivity index (χ1v) is 8.82. The second-order valence-corrected chi connectivity index (χ2v) is 6.59. The summed E-state index contributed by atoms with van der Waals surface area (Å²) < 4.78 is 27.0. The van der Waals surface area contributed by atoms with E-state index in [1.807, 2.05) is 0 Å². The number of amides is 1. The van der Waals surface area contributed by atoms with Crippen LogP contribution < -0.4 is 10.2 Å². The number of hydrogen-bond donors (Lipinski definition) is 1. The molecule has 27 heavy (non-hydrogen) atoms. The van der Waals surface area contributed by atoms with E-state index in [4.69, 9.17) is 0 Å². The average molecular weight is 371 g/mol. The standard InChI is InChI=1S/C19H19F2N5O/c20-19(21)26-10-5-13-1-2-15(11-16(13)26)24-18(27)14-3-8-25(9-4-14)17-12-22-6-7-23-17/h1-2,5-7,10-12,14,19H,3-4,8-9H2,(H,24,27). The highest BCUT2D eigenvalue weighted by molar-refractivity contribution is 5.95. The Kier molecular flexibility index (Phi) is 4.70. The number of aromatic nitrogens is 3. The van der Waals surface area contributed by atoms with Crippen LogP contribution in [0.3, 0.4) is 0 Å². The molecular formula is C19H19F2N5O. The first kappa shape index (κ1) is 17.4. The smallest absolute Gasteiger partial charge is 0.319 e. The number of nitrogens with one attached hydrogen (secondary N) is 1. The molecule has 1 aliphatic heterocycles. The molecule has 0 spiro atoms. The number of alkyl halides is 2. The summed E-state index contributed by atoms with van der Waals surface area (Å²) in [6.07, 6.45) is 7.76. The monoisotopic (exact) mass is 371 g/mol. The van der Waals surface area contributed by atoms with Crippen LogP contribution in [0.15, 0.2) is 49.1 Å². The van der Waals surface area contributed by atoms with Gasteiger partial charge >= 0.3 is 6.55 Å². The van der Waals surface area contributed by atoms with Gasteiger partial charge in [0.05, 0.1) is 11.7 Å².